The first-order valence-electron chi connectivity index (χ1n) is 16.4. The Hall–Kier alpha value is -6.38. The predicted molar refractivity (Wildman–Crippen MR) is 204 cm³/mol. The molecule has 0 aliphatic carbocycles. The van der Waals surface area contributed by atoms with Gasteiger partial charge in [-0.3, -0.25) is 0 Å². The Kier molecular flexibility index (Phi) is 6.84. The monoisotopic (exact) mass is 612 g/mol. The fraction of sp³-hybridized carbons (Fsp3) is 0. The molecule has 0 saturated carbocycles. The van der Waals surface area contributed by atoms with Gasteiger partial charge in [-0.05, 0) is 82.1 Å². The van der Waals surface area contributed by atoms with Crippen molar-refractivity contribution in [2.24, 2.45) is 0 Å². The first-order valence-corrected chi connectivity index (χ1v) is 16.4. The van der Waals surface area contributed by atoms with Crippen molar-refractivity contribution in [3.05, 3.63) is 194 Å². The van der Waals surface area contributed by atoms with Crippen LogP contribution in [0.25, 0.3) is 60.5 Å². The number of anilines is 3. The summed E-state index contributed by atoms with van der Waals surface area (Å²) in [7, 11) is 0. The van der Waals surface area contributed by atoms with Crippen molar-refractivity contribution in [2.45, 2.75) is 0 Å². The second kappa shape index (κ2) is 11.8. The van der Waals surface area contributed by atoms with Gasteiger partial charge in [-0.1, -0.05) is 140 Å². The number of nitrogens with zero attached hydrogens (tertiary/aromatic N) is 2. The highest BCUT2D eigenvalue weighted by Crippen LogP contribution is 2.42. The lowest BCUT2D eigenvalue weighted by Gasteiger charge is -2.28. The van der Waals surface area contributed by atoms with E-state index in [1.807, 2.05) is 0 Å². The molecule has 1 heterocycles. The van der Waals surface area contributed by atoms with Gasteiger partial charge >= 0.3 is 0 Å². The molecular weight excluding hydrogens is 581 g/mol. The largest absolute Gasteiger partial charge is 0.310 e. The molecule has 2 nitrogen and oxygen atoms in total. The molecule has 0 unspecified atom stereocenters. The van der Waals surface area contributed by atoms with Crippen molar-refractivity contribution in [3.63, 3.8) is 0 Å². The second-order valence-corrected chi connectivity index (χ2v) is 12.2. The van der Waals surface area contributed by atoms with Crippen LogP contribution < -0.4 is 4.90 Å². The lowest BCUT2D eigenvalue weighted by atomic mass is 10.0. The minimum Gasteiger partial charge on any atom is -0.310 e. The minimum absolute atomic E-state index is 1.10. The van der Waals surface area contributed by atoms with E-state index in [1.165, 1.54) is 54.8 Å². The van der Waals surface area contributed by atoms with Crippen LogP contribution in [-0.4, -0.2) is 4.57 Å². The summed E-state index contributed by atoms with van der Waals surface area (Å²) in [6.07, 6.45) is 0. The fourth-order valence-electron chi connectivity index (χ4n) is 7.16. The molecular formula is C46H32N2. The van der Waals surface area contributed by atoms with Crippen molar-refractivity contribution < 1.29 is 0 Å². The van der Waals surface area contributed by atoms with E-state index in [9.17, 15) is 0 Å². The van der Waals surface area contributed by atoms with Crippen LogP contribution in [0.5, 0.6) is 0 Å². The van der Waals surface area contributed by atoms with Crippen LogP contribution in [0.3, 0.4) is 0 Å². The molecule has 0 N–H and O–H groups in total. The summed E-state index contributed by atoms with van der Waals surface area (Å²) in [5, 5.41) is 5.11. The third-order valence-electron chi connectivity index (χ3n) is 9.39. The van der Waals surface area contributed by atoms with Gasteiger partial charge in [0.05, 0.1) is 16.7 Å². The molecule has 8 aromatic carbocycles. The van der Waals surface area contributed by atoms with Gasteiger partial charge in [0.1, 0.15) is 0 Å². The van der Waals surface area contributed by atoms with Crippen LogP contribution in [0.4, 0.5) is 17.1 Å². The third kappa shape index (κ3) is 4.74. The molecule has 48 heavy (non-hydrogen) atoms. The molecule has 0 bridgehead atoms. The molecule has 0 amide bonds. The summed E-state index contributed by atoms with van der Waals surface area (Å²) < 4.78 is 2.40. The molecule has 0 fully saturated rings. The summed E-state index contributed by atoms with van der Waals surface area (Å²) in [4.78, 5) is 2.38. The van der Waals surface area contributed by atoms with Crippen molar-refractivity contribution >= 4 is 49.6 Å². The maximum Gasteiger partial charge on any atom is 0.0547 e. The first-order chi connectivity index (χ1) is 23.8. The van der Waals surface area contributed by atoms with E-state index in [1.54, 1.807) is 0 Å². The second-order valence-electron chi connectivity index (χ2n) is 12.2. The first kappa shape index (κ1) is 27.9. The number of fused-ring (bicyclic) bond motifs is 5. The Labute approximate surface area is 280 Å². The van der Waals surface area contributed by atoms with Crippen LogP contribution in [0.2, 0.25) is 0 Å². The summed E-state index contributed by atoms with van der Waals surface area (Å²) >= 11 is 0. The molecule has 0 saturated heterocycles. The number of aromatic nitrogens is 1. The molecule has 0 radical (unpaired) electrons. The smallest absolute Gasteiger partial charge is 0.0547 e. The van der Waals surface area contributed by atoms with E-state index in [4.69, 9.17) is 0 Å². The minimum atomic E-state index is 1.10. The average Bonchev–Trinajstić information content (AvgIpc) is 3.51. The van der Waals surface area contributed by atoms with E-state index in [-0.39, 0.29) is 0 Å². The summed E-state index contributed by atoms with van der Waals surface area (Å²) in [5.74, 6) is 0. The van der Waals surface area contributed by atoms with Crippen LogP contribution in [0.1, 0.15) is 0 Å². The highest BCUT2D eigenvalue weighted by molar-refractivity contribution is 6.21. The van der Waals surface area contributed by atoms with Gasteiger partial charge in [-0.25, -0.2) is 0 Å². The summed E-state index contributed by atoms with van der Waals surface area (Å²) in [5.41, 5.74) is 11.7. The zero-order valence-electron chi connectivity index (χ0n) is 26.4. The zero-order chi connectivity index (χ0) is 31.9. The Bertz CT molecular complexity index is 2530. The molecule has 2 heteroatoms. The van der Waals surface area contributed by atoms with Crippen molar-refractivity contribution in [3.8, 4) is 27.9 Å². The number of hydrogen-bond donors (Lipinski definition) is 0. The Morgan fingerprint density at radius 3 is 1.67 bits per heavy atom. The lowest BCUT2D eigenvalue weighted by Crippen LogP contribution is -2.11. The van der Waals surface area contributed by atoms with E-state index >= 15 is 0 Å². The maximum atomic E-state index is 2.40. The highest BCUT2D eigenvalue weighted by Gasteiger charge is 2.19. The van der Waals surface area contributed by atoms with E-state index < -0.39 is 0 Å². The molecule has 226 valence electrons. The van der Waals surface area contributed by atoms with Crippen molar-refractivity contribution in [1.82, 2.24) is 4.57 Å². The Balaban J connectivity index is 1.20. The zero-order valence-corrected chi connectivity index (χ0v) is 26.4. The van der Waals surface area contributed by atoms with Gasteiger partial charge in [-0.15, -0.1) is 0 Å². The maximum absolute atomic E-state index is 2.40. The Morgan fingerprint density at radius 1 is 0.354 bits per heavy atom. The van der Waals surface area contributed by atoms with Crippen molar-refractivity contribution in [2.75, 3.05) is 4.90 Å². The summed E-state index contributed by atoms with van der Waals surface area (Å²) in [6, 6.07) is 69.8. The highest BCUT2D eigenvalue weighted by atomic mass is 15.1. The molecule has 9 aromatic rings. The van der Waals surface area contributed by atoms with E-state index in [2.05, 4.69) is 204 Å². The van der Waals surface area contributed by atoms with Gasteiger partial charge in [0.15, 0.2) is 0 Å². The van der Waals surface area contributed by atoms with Crippen molar-refractivity contribution in [1.29, 1.82) is 0 Å². The molecule has 0 spiro atoms. The molecule has 1 aromatic heterocycles. The SMILES string of the molecule is c1ccc(-c2ccc(N(c3ccc(-n4c5ccccc5c5c6ccccc6ccc54)cc3)c3ccccc3-c3ccccc3)cc2)cc1. The molecule has 0 atom stereocenters. The number of rotatable bonds is 6. The number of hydrogen-bond acceptors (Lipinski definition) is 1. The van der Waals surface area contributed by atoms with Gasteiger partial charge in [-0.2, -0.15) is 0 Å². The fourth-order valence-corrected chi connectivity index (χ4v) is 7.16. The number of benzene rings is 8. The lowest BCUT2D eigenvalue weighted by molar-refractivity contribution is 1.17. The summed E-state index contributed by atoms with van der Waals surface area (Å²) in [6.45, 7) is 0. The van der Waals surface area contributed by atoms with E-state index in [0.717, 1.165) is 22.7 Å². The average molecular weight is 613 g/mol. The van der Waals surface area contributed by atoms with Crippen LogP contribution >= 0.6 is 0 Å². The number of para-hydroxylation sites is 2. The van der Waals surface area contributed by atoms with Gasteiger partial charge < -0.3 is 9.47 Å². The standard InChI is InChI=1S/C46H32N2/c1-3-13-33(14-4-1)34-23-26-37(27-24-34)47(43-21-11-9-18-40(43)35-15-5-2-6-16-35)38-28-30-39(31-29-38)48-44-22-12-10-20-42(44)46-41-19-8-7-17-36(41)25-32-45(46)48/h1-32H. The van der Waals surface area contributed by atoms with Gasteiger partial charge in [0.2, 0.25) is 0 Å². The quantitative estimate of drug-likeness (QED) is 0.181. The predicted octanol–water partition coefficient (Wildman–Crippen LogP) is 12.7. The molecule has 0 aliphatic heterocycles. The normalized spacial score (nSPS) is 11.3. The van der Waals surface area contributed by atoms with Crippen LogP contribution in [0.15, 0.2) is 194 Å². The Morgan fingerprint density at radius 2 is 0.917 bits per heavy atom. The topological polar surface area (TPSA) is 8.17 Å². The van der Waals surface area contributed by atoms with Crippen LogP contribution in [-0.2, 0) is 0 Å². The van der Waals surface area contributed by atoms with Crippen LogP contribution in [0, 0.1) is 0 Å². The molecule has 0 aliphatic rings. The van der Waals surface area contributed by atoms with Gasteiger partial charge in [0.25, 0.3) is 0 Å². The van der Waals surface area contributed by atoms with E-state index in [0.29, 0.717) is 0 Å². The van der Waals surface area contributed by atoms with Gasteiger partial charge in [0, 0.05) is 33.4 Å². The molecule has 9 rings (SSSR count). The third-order valence-corrected chi connectivity index (χ3v) is 9.39.